The molecule has 0 N–H and O–H groups in total. The maximum atomic E-state index is 11.7. The van der Waals surface area contributed by atoms with Crippen LogP contribution in [-0.4, -0.2) is 18.1 Å². The second-order valence-electron chi connectivity index (χ2n) is 11.5. The van der Waals surface area contributed by atoms with Crippen molar-refractivity contribution in [1.82, 2.24) is 9.38 Å². The highest BCUT2D eigenvalue weighted by Crippen LogP contribution is 2.56. The average Bonchev–Trinajstić information content (AvgIpc) is 3.76. The van der Waals surface area contributed by atoms with Gasteiger partial charge in [-0.15, -0.1) is 0 Å². The molecule has 2 heterocycles. The van der Waals surface area contributed by atoms with Crippen LogP contribution >= 0.6 is 0 Å². The summed E-state index contributed by atoms with van der Waals surface area (Å²) in [5.74, 6) is 0.476. The van der Waals surface area contributed by atoms with Crippen LogP contribution in [0.1, 0.15) is 22.3 Å². The minimum absolute atomic E-state index is 0.230. The van der Waals surface area contributed by atoms with Crippen molar-refractivity contribution in [2.45, 2.75) is 10.3 Å². The van der Waals surface area contributed by atoms with Crippen LogP contribution in [0.4, 0.5) is 0 Å². The third-order valence-corrected chi connectivity index (χ3v) is 9.86. The van der Waals surface area contributed by atoms with E-state index in [1.54, 1.807) is 12.1 Å². The summed E-state index contributed by atoms with van der Waals surface area (Å²) < 4.78 is 31.7. The summed E-state index contributed by atoms with van der Waals surface area (Å²) in [5, 5.41) is 0. The number of aromatic nitrogens is 2. The number of hydrogen-bond acceptors (Lipinski definition) is 4. The summed E-state index contributed by atoms with van der Waals surface area (Å²) in [4.78, 5) is 5.33. The summed E-state index contributed by atoms with van der Waals surface area (Å²) in [5.41, 5.74) is 11.6. The molecule has 0 radical (unpaired) electrons. The summed E-state index contributed by atoms with van der Waals surface area (Å²) >= 11 is -2.32. The number of nitrogens with zero attached hydrogens (tertiary/aromatic N) is 2. The predicted octanol–water partition coefficient (Wildman–Crippen LogP) is 9.02. The molecule has 6 aromatic carbocycles. The fourth-order valence-corrected chi connectivity index (χ4v) is 7.66. The molecule has 6 heteroatoms. The molecule has 9 rings (SSSR count). The molecule has 1 unspecified atom stereocenters. The van der Waals surface area contributed by atoms with Gasteiger partial charge in [-0.25, -0.2) is 0 Å². The van der Waals surface area contributed by atoms with E-state index in [9.17, 15) is 8.76 Å². The zero-order chi connectivity index (χ0) is 30.8. The van der Waals surface area contributed by atoms with E-state index in [2.05, 4.69) is 103 Å². The molecule has 0 saturated heterocycles. The fraction of sp³-hybridized carbons (Fsp3) is 0.0250. The summed E-state index contributed by atoms with van der Waals surface area (Å²) in [6, 6.07) is 51.5. The first-order valence-electron chi connectivity index (χ1n) is 15.1. The number of imidazole rings is 1. The number of fused-ring (bicyclic) bond motifs is 6. The maximum absolute atomic E-state index is 11.7. The number of benzene rings is 6. The van der Waals surface area contributed by atoms with Crippen LogP contribution in [0.2, 0.25) is 0 Å². The van der Waals surface area contributed by atoms with Crippen molar-refractivity contribution in [2.75, 3.05) is 0 Å². The molecule has 8 aromatic rings. The van der Waals surface area contributed by atoms with Gasteiger partial charge in [-0.1, -0.05) is 121 Å². The molecule has 0 aliphatic heterocycles. The van der Waals surface area contributed by atoms with Gasteiger partial charge in [0.15, 0.2) is 5.58 Å². The lowest BCUT2D eigenvalue weighted by atomic mass is 9.67. The Hall–Kier alpha value is -5.56. The van der Waals surface area contributed by atoms with Gasteiger partial charge in [0.1, 0.15) is 5.69 Å². The molecule has 1 aliphatic rings. The fourth-order valence-electron chi connectivity index (χ4n) is 7.30. The summed E-state index contributed by atoms with van der Waals surface area (Å²) in [7, 11) is 0. The largest absolute Gasteiger partial charge is 0.768 e. The predicted molar refractivity (Wildman–Crippen MR) is 180 cm³/mol. The number of rotatable bonds is 5. The summed E-state index contributed by atoms with van der Waals surface area (Å²) in [6.45, 7) is 0. The summed E-state index contributed by atoms with van der Waals surface area (Å²) in [6.07, 6.45) is 0. The quantitative estimate of drug-likeness (QED) is 0.182. The van der Waals surface area contributed by atoms with Crippen LogP contribution in [0.5, 0.6) is 0 Å². The van der Waals surface area contributed by atoms with Crippen molar-refractivity contribution >= 4 is 28.0 Å². The van der Waals surface area contributed by atoms with Crippen LogP contribution in [0.15, 0.2) is 161 Å². The number of para-hydroxylation sites is 2. The number of hydrogen-bond donors (Lipinski definition) is 0. The molecule has 220 valence electrons. The standard InChI is InChI=1S/C40H26N2O3S/c43-46(44)30-22-19-26(20-23-30)38-37(41-39-42(38)35-17-9-10-18-36(35)45-39)27-21-24-32-31-15-7-8-16-33(31)40(34(32)25-27,28-11-3-1-4-12-28)29-13-5-2-6-14-29/h1-25H,(H,43,44)/p-1. The van der Waals surface area contributed by atoms with Crippen LogP contribution in [0.3, 0.4) is 0 Å². The van der Waals surface area contributed by atoms with Gasteiger partial charge in [0, 0.05) is 16.0 Å². The van der Waals surface area contributed by atoms with Gasteiger partial charge >= 0.3 is 5.84 Å². The molecule has 1 aliphatic carbocycles. The highest BCUT2D eigenvalue weighted by molar-refractivity contribution is 7.79. The SMILES string of the molecule is O=S([O-])c1ccc(-c2c(-c3ccc4c(c3)C(c3ccccc3)(c3ccccc3)c3ccccc3-4)nc3oc4ccccc4n23)cc1. The van der Waals surface area contributed by atoms with E-state index in [0.717, 1.165) is 33.6 Å². The zero-order valence-corrected chi connectivity index (χ0v) is 25.3. The molecule has 0 saturated carbocycles. The highest BCUT2D eigenvalue weighted by atomic mass is 32.2. The molecule has 46 heavy (non-hydrogen) atoms. The molecule has 1 atom stereocenters. The number of oxazole rings is 1. The Kier molecular flexibility index (Phi) is 5.97. The van der Waals surface area contributed by atoms with Crippen molar-refractivity contribution in [3.05, 3.63) is 174 Å². The van der Waals surface area contributed by atoms with E-state index in [1.807, 2.05) is 40.8 Å². The third kappa shape index (κ3) is 3.78. The second kappa shape index (κ2) is 10.2. The first-order valence-corrected chi connectivity index (χ1v) is 16.2. The van der Waals surface area contributed by atoms with Crippen molar-refractivity contribution in [3.63, 3.8) is 0 Å². The normalized spacial score (nSPS) is 13.9. The zero-order valence-electron chi connectivity index (χ0n) is 24.5. The Morgan fingerprint density at radius 1 is 0.630 bits per heavy atom. The van der Waals surface area contributed by atoms with Gasteiger partial charge in [0.05, 0.1) is 16.6 Å². The molecule has 5 nitrogen and oxygen atoms in total. The van der Waals surface area contributed by atoms with E-state index in [0.29, 0.717) is 5.84 Å². The van der Waals surface area contributed by atoms with Gasteiger partial charge in [-0.3, -0.25) is 8.61 Å². The third-order valence-electron chi connectivity index (χ3n) is 9.21. The lowest BCUT2D eigenvalue weighted by molar-refractivity contribution is 0.537. The van der Waals surface area contributed by atoms with Crippen LogP contribution in [0.25, 0.3) is 50.6 Å². The van der Waals surface area contributed by atoms with Crippen LogP contribution in [0, 0.1) is 0 Å². The lowest BCUT2D eigenvalue weighted by Crippen LogP contribution is -2.28. The average molecular weight is 614 g/mol. The van der Waals surface area contributed by atoms with E-state index < -0.39 is 16.5 Å². The first kappa shape index (κ1) is 26.8. The van der Waals surface area contributed by atoms with Gasteiger partial charge in [0.25, 0.3) is 0 Å². The molecular weight excluding hydrogens is 589 g/mol. The van der Waals surface area contributed by atoms with E-state index in [-0.39, 0.29) is 4.90 Å². The molecule has 0 amide bonds. The second-order valence-corrected chi connectivity index (χ2v) is 12.5. The van der Waals surface area contributed by atoms with Crippen molar-refractivity contribution in [3.8, 4) is 33.6 Å². The van der Waals surface area contributed by atoms with Gasteiger partial charge in [-0.2, -0.15) is 4.98 Å². The van der Waals surface area contributed by atoms with E-state index in [1.165, 1.54) is 33.4 Å². The van der Waals surface area contributed by atoms with Gasteiger partial charge < -0.3 is 8.97 Å². The minimum Gasteiger partial charge on any atom is -0.768 e. The minimum atomic E-state index is -2.32. The van der Waals surface area contributed by atoms with Crippen LogP contribution in [-0.2, 0) is 16.5 Å². The molecule has 0 fully saturated rings. The first-order chi connectivity index (χ1) is 22.6. The van der Waals surface area contributed by atoms with Gasteiger partial charge in [-0.05, 0) is 74.8 Å². The van der Waals surface area contributed by atoms with E-state index in [4.69, 9.17) is 9.40 Å². The topological polar surface area (TPSA) is 70.6 Å². The Labute approximate surface area is 267 Å². The van der Waals surface area contributed by atoms with Gasteiger partial charge in [0.2, 0.25) is 0 Å². The molecule has 0 bridgehead atoms. The molecule has 2 aromatic heterocycles. The molecular formula is C40H25N2O3S-. The maximum Gasteiger partial charge on any atom is 0.307 e. The Bertz CT molecular complexity index is 2410. The lowest BCUT2D eigenvalue weighted by Gasteiger charge is -2.34. The Morgan fingerprint density at radius 2 is 1.24 bits per heavy atom. The van der Waals surface area contributed by atoms with Crippen LogP contribution < -0.4 is 0 Å². The monoisotopic (exact) mass is 613 g/mol. The van der Waals surface area contributed by atoms with Crippen molar-refractivity contribution in [2.24, 2.45) is 0 Å². The van der Waals surface area contributed by atoms with Crippen molar-refractivity contribution < 1.29 is 13.2 Å². The molecule has 0 spiro atoms. The smallest absolute Gasteiger partial charge is 0.307 e. The highest BCUT2D eigenvalue weighted by Gasteiger charge is 2.46. The van der Waals surface area contributed by atoms with Crippen molar-refractivity contribution in [1.29, 1.82) is 0 Å². The Balaban J connectivity index is 1.36. The Morgan fingerprint density at radius 3 is 1.96 bits per heavy atom. The van der Waals surface area contributed by atoms with E-state index >= 15 is 0 Å².